The van der Waals surface area contributed by atoms with Crippen LogP contribution >= 0.6 is 11.3 Å². The molecule has 60 valence electrons. The molecule has 1 aromatic rings. The molecule has 0 saturated heterocycles. The van der Waals surface area contributed by atoms with Crippen LogP contribution in [0.4, 0.5) is 0 Å². The van der Waals surface area contributed by atoms with Gasteiger partial charge in [0.1, 0.15) is 0 Å². The monoisotopic (exact) mass is 167 g/mol. The number of hydrogen-bond donors (Lipinski definition) is 1. The highest BCUT2D eigenvalue weighted by Gasteiger charge is 2.32. The standard InChI is InChI=1S/C9H13NS/c10-9-5-8(9)2-1-7-3-4-11-6-7/h3-4,6,8-9H,1-2,5,10H2. The maximum absolute atomic E-state index is 5.71. The van der Waals surface area contributed by atoms with Gasteiger partial charge in [0.25, 0.3) is 0 Å². The van der Waals surface area contributed by atoms with Crippen LogP contribution in [0.25, 0.3) is 0 Å². The second-order valence-corrected chi connectivity index (χ2v) is 4.11. The summed E-state index contributed by atoms with van der Waals surface area (Å²) in [6.45, 7) is 0. The Morgan fingerprint density at radius 3 is 3.00 bits per heavy atom. The van der Waals surface area contributed by atoms with Crippen LogP contribution in [0.1, 0.15) is 18.4 Å². The van der Waals surface area contributed by atoms with Crippen molar-refractivity contribution < 1.29 is 0 Å². The second kappa shape index (κ2) is 2.95. The molecule has 1 saturated carbocycles. The van der Waals surface area contributed by atoms with Crippen molar-refractivity contribution in [2.45, 2.75) is 25.3 Å². The molecule has 0 aromatic carbocycles. The fraction of sp³-hybridized carbons (Fsp3) is 0.556. The zero-order chi connectivity index (χ0) is 7.68. The average molecular weight is 167 g/mol. The smallest absolute Gasteiger partial charge is 0.00710 e. The largest absolute Gasteiger partial charge is 0.327 e. The molecule has 1 nitrogen and oxygen atoms in total. The van der Waals surface area contributed by atoms with E-state index in [2.05, 4.69) is 16.8 Å². The lowest BCUT2D eigenvalue weighted by Crippen LogP contribution is -2.02. The Balaban J connectivity index is 1.75. The Morgan fingerprint density at radius 1 is 1.64 bits per heavy atom. The molecular formula is C9H13NS. The Bertz CT molecular complexity index is 217. The van der Waals surface area contributed by atoms with E-state index < -0.39 is 0 Å². The van der Waals surface area contributed by atoms with E-state index in [1.807, 2.05) is 0 Å². The summed E-state index contributed by atoms with van der Waals surface area (Å²) in [6.07, 6.45) is 3.77. The van der Waals surface area contributed by atoms with E-state index in [4.69, 9.17) is 5.73 Å². The van der Waals surface area contributed by atoms with Crippen LogP contribution in [0.5, 0.6) is 0 Å². The Labute approximate surface area is 71.2 Å². The maximum Gasteiger partial charge on any atom is 0.00710 e. The van der Waals surface area contributed by atoms with Crippen molar-refractivity contribution in [3.63, 3.8) is 0 Å². The second-order valence-electron chi connectivity index (χ2n) is 3.33. The molecule has 0 spiro atoms. The predicted octanol–water partition coefficient (Wildman–Crippen LogP) is 2.03. The topological polar surface area (TPSA) is 26.0 Å². The van der Waals surface area contributed by atoms with Crippen LogP contribution in [0, 0.1) is 5.92 Å². The molecule has 0 amide bonds. The van der Waals surface area contributed by atoms with E-state index in [0.29, 0.717) is 6.04 Å². The summed E-state index contributed by atoms with van der Waals surface area (Å²) in [6, 6.07) is 2.73. The van der Waals surface area contributed by atoms with Crippen molar-refractivity contribution in [3.8, 4) is 0 Å². The van der Waals surface area contributed by atoms with Crippen LogP contribution in [-0.4, -0.2) is 6.04 Å². The molecule has 2 N–H and O–H groups in total. The molecule has 1 aromatic heterocycles. The molecule has 2 rings (SSSR count). The van der Waals surface area contributed by atoms with E-state index >= 15 is 0 Å². The lowest BCUT2D eigenvalue weighted by molar-refractivity contribution is 0.700. The summed E-state index contributed by atoms with van der Waals surface area (Å²) in [5.41, 5.74) is 7.19. The molecule has 0 radical (unpaired) electrons. The maximum atomic E-state index is 5.71. The van der Waals surface area contributed by atoms with Gasteiger partial charge in [0.05, 0.1) is 0 Å². The van der Waals surface area contributed by atoms with Crippen LogP contribution < -0.4 is 5.73 Å². The van der Waals surface area contributed by atoms with Crippen molar-refractivity contribution in [3.05, 3.63) is 22.4 Å². The van der Waals surface area contributed by atoms with E-state index in [9.17, 15) is 0 Å². The van der Waals surface area contributed by atoms with Gasteiger partial charge in [0.15, 0.2) is 0 Å². The molecule has 1 aliphatic carbocycles. The van der Waals surface area contributed by atoms with Gasteiger partial charge in [-0.25, -0.2) is 0 Å². The molecule has 1 heterocycles. The van der Waals surface area contributed by atoms with Crippen LogP contribution in [0.15, 0.2) is 16.8 Å². The zero-order valence-corrected chi connectivity index (χ0v) is 7.31. The first-order valence-corrected chi connectivity index (χ1v) is 5.07. The molecule has 11 heavy (non-hydrogen) atoms. The minimum Gasteiger partial charge on any atom is -0.327 e. The Kier molecular flexibility index (Phi) is 1.96. The van der Waals surface area contributed by atoms with Gasteiger partial charge in [0.2, 0.25) is 0 Å². The van der Waals surface area contributed by atoms with Gasteiger partial charge in [-0.3, -0.25) is 0 Å². The normalized spacial score (nSPS) is 28.8. The first-order valence-electron chi connectivity index (χ1n) is 4.13. The van der Waals surface area contributed by atoms with Crippen molar-refractivity contribution >= 4 is 11.3 Å². The number of thiophene rings is 1. The highest BCUT2D eigenvalue weighted by Crippen LogP contribution is 2.32. The van der Waals surface area contributed by atoms with Crippen LogP contribution in [0.2, 0.25) is 0 Å². The molecule has 1 aliphatic rings. The highest BCUT2D eigenvalue weighted by molar-refractivity contribution is 7.07. The van der Waals surface area contributed by atoms with Gasteiger partial charge in [-0.2, -0.15) is 11.3 Å². The molecule has 2 unspecified atom stereocenters. The number of nitrogens with two attached hydrogens (primary N) is 1. The third-order valence-corrected chi connectivity index (χ3v) is 3.09. The van der Waals surface area contributed by atoms with E-state index in [0.717, 1.165) is 5.92 Å². The number of hydrogen-bond acceptors (Lipinski definition) is 2. The lowest BCUT2D eigenvalue weighted by Gasteiger charge is -1.94. The number of aryl methyl sites for hydroxylation is 1. The van der Waals surface area contributed by atoms with E-state index in [1.165, 1.54) is 24.8 Å². The summed E-state index contributed by atoms with van der Waals surface area (Å²) < 4.78 is 0. The minimum absolute atomic E-state index is 0.522. The lowest BCUT2D eigenvalue weighted by atomic mass is 10.1. The molecule has 0 aliphatic heterocycles. The van der Waals surface area contributed by atoms with E-state index in [1.54, 1.807) is 11.3 Å². The van der Waals surface area contributed by atoms with Gasteiger partial charge >= 0.3 is 0 Å². The van der Waals surface area contributed by atoms with Crippen LogP contribution in [-0.2, 0) is 6.42 Å². The van der Waals surface area contributed by atoms with Gasteiger partial charge in [-0.1, -0.05) is 0 Å². The first kappa shape index (κ1) is 7.32. The Hall–Kier alpha value is -0.340. The predicted molar refractivity (Wildman–Crippen MR) is 48.7 cm³/mol. The third kappa shape index (κ3) is 1.82. The quantitative estimate of drug-likeness (QED) is 0.732. The van der Waals surface area contributed by atoms with Crippen molar-refractivity contribution in [1.29, 1.82) is 0 Å². The van der Waals surface area contributed by atoms with Gasteiger partial charge in [-0.05, 0) is 47.6 Å². The molecule has 0 bridgehead atoms. The van der Waals surface area contributed by atoms with Crippen molar-refractivity contribution in [2.75, 3.05) is 0 Å². The van der Waals surface area contributed by atoms with Gasteiger partial charge in [0, 0.05) is 6.04 Å². The third-order valence-electron chi connectivity index (χ3n) is 2.36. The first-order chi connectivity index (χ1) is 5.36. The highest BCUT2D eigenvalue weighted by atomic mass is 32.1. The van der Waals surface area contributed by atoms with Gasteiger partial charge in [-0.15, -0.1) is 0 Å². The number of rotatable bonds is 3. The Morgan fingerprint density at radius 2 is 2.45 bits per heavy atom. The summed E-state index contributed by atoms with van der Waals surface area (Å²) >= 11 is 1.78. The minimum atomic E-state index is 0.522. The molecular weight excluding hydrogens is 154 g/mol. The van der Waals surface area contributed by atoms with Gasteiger partial charge < -0.3 is 5.73 Å². The zero-order valence-electron chi connectivity index (χ0n) is 6.49. The molecule has 1 fully saturated rings. The molecule has 2 heteroatoms. The van der Waals surface area contributed by atoms with Crippen molar-refractivity contribution in [1.82, 2.24) is 0 Å². The average Bonchev–Trinajstić information content (AvgIpc) is 2.55. The fourth-order valence-electron chi connectivity index (χ4n) is 1.39. The van der Waals surface area contributed by atoms with E-state index in [-0.39, 0.29) is 0 Å². The SMILES string of the molecule is NC1CC1CCc1ccsc1. The summed E-state index contributed by atoms with van der Waals surface area (Å²) in [4.78, 5) is 0. The summed E-state index contributed by atoms with van der Waals surface area (Å²) in [5, 5.41) is 4.37. The summed E-state index contributed by atoms with van der Waals surface area (Å²) in [5.74, 6) is 0.829. The van der Waals surface area contributed by atoms with Crippen LogP contribution in [0.3, 0.4) is 0 Å². The molecule has 2 atom stereocenters. The fourth-order valence-corrected chi connectivity index (χ4v) is 2.09. The van der Waals surface area contributed by atoms with Crippen molar-refractivity contribution in [2.24, 2.45) is 11.7 Å². The summed E-state index contributed by atoms with van der Waals surface area (Å²) in [7, 11) is 0.